The first-order chi connectivity index (χ1) is 9.22. The quantitative estimate of drug-likeness (QED) is 0.788. The lowest BCUT2D eigenvalue weighted by Crippen LogP contribution is -2.22. The van der Waals surface area contributed by atoms with Crippen molar-refractivity contribution in [3.63, 3.8) is 0 Å². The molecule has 1 N–H and O–H groups in total. The number of hydrogen-bond acceptors (Lipinski definition) is 2. The summed E-state index contributed by atoms with van der Waals surface area (Å²) in [6.45, 7) is 0.736. The van der Waals surface area contributed by atoms with E-state index in [1.54, 1.807) is 6.08 Å². The van der Waals surface area contributed by atoms with Gasteiger partial charge < -0.3 is 9.84 Å². The molecule has 0 aromatic rings. The van der Waals surface area contributed by atoms with Crippen LogP contribution in [0, 0.1) is 23.7 Å². The summed E-state index contributed by atoms with van der Waals surface area (Å²) in [5, 5.41) is 9.07. The Bertz CT molecular complexity index is 496. The van der Waals surface area contributed by atoms with Gasteiger partial charge in [-0.25, -0.2) is 4.79 Å². The minimum atomic E-state index is -0.856. The van der Waals surface area contributed by atoms with Crippen molar-refractivity contribution < 1.29 is 14.6 Å². The fourth-order valence-corrected chi connectivity index (χ4v) is 2.05. The van der Waals surface area contributed by atoms with E-state index in [1.165, 1.54) is 25.7 Å². The summed E-state index contributed by atoms with van der Waals surface area (Å²) >= 11 is 0. The highest BCUT2D eigenvalue weighted by Gasteiger charge is 2.27. The van der Waals surface area contributed by atoms with Crippen LogP contribution in [0.15, 0.2) is 23.3 Å². The molecular formula is C16H18O3. The minimum absolute atomic E-state index is 0.164. The summed E-state index contributed by atoms with van der Waals surface area (Å²) in [6.07, 6.45) is 8.63. The summed E-state index contributed by atoms with van der Waals surface area (Å²) in [5.41, 5.74) is 1.36. The van der Waals surface area contributed by atoms with E-state index < -0.39 is 5.97 Å². The third-order valence-electron chi connectivity index (χ3n) is 3.72. The zero-order valence-electron chi connectivity index (χ0n) is 10.9. The Morgan fingerprint density at radius 1 is 1.32 bits per heavy atom. The molecule has 0 saturated heterocycles. The van der Waals surface area contributed by atoms with Crippen molar-refractivity contribution in [3.8, 4) is 11.8 Å². The molecule has 19 heavy (non-hydrogen) atoms. The first-order valence-corrected chi connectivity index (χ1v) is 6.99. The molecule has 3 heteroatoms. The van der Waals surface area contributed by atoms with Gasteiger partial charge in [0, 0.05) is 23.5 Å². The molecule has 1 atom stereocenters. The van der Waals surface area contributed by atoms with Crippen LogP contribution in [0.25, 0.3) is 0 Å². The molecule has 0 spiro atoms. The SMILES string of the molecule is O=C(O)C1=CC=C(C#CC2CC2)C(OCC2CC2)C1. The molecule has 0 aromatic heterocycles. The largest absolute Gasteiger partial charge is 0.478 e. The lowest BCUT2D eigenvalue weighted by Gasteiger charge is -2.21. The topological polar surface area (TPSA) is 46.5 Å². The second-order valence-corrected chi connectivity index (χ2v) is 5.63. The highest BCUT2D eigenvalue weighted by Crippen LogP contribution is 2.32. The number of carbonyl (C=O) groups is 1. The van der Waals surface area contributed by atoms with E-state index in [-0.39, 0.29) is 6.10 Å². The maximum absolute atomic E-state index is 11.0. The molecule has 3 rings (SSSR count). The number of aliphatic carboxylic acids is 1. The van der Waals surface area contributed by atoms with E-state index in [4.69, 9.17) is 9.84 Å². The van der Waals surface area contributed by atoms with Gasteiger partial charge >= 0.3 is 5.97 Å². The Morgan fingerprint density at radius 2 is 2.11 bits per heavy atom. The lowest BCUT2D eigenvalue weighted by atomic mass is 9.95. The Balaban J connectivity index is 1.70. The standard InChI is InChI=1S/C16H18O3/c17-16(18)14-8-7-13(6-5-11-1-2-11)15(9-14)19-10-12-3-4-12/h7-8,11-12,15H,1-4,9-10H2,(H,17,18). The maximum atomic E-state index is 11.0. The van der Waals surface area contributed by atoms with E-state index in [9.17, 15) is 4.79 Å². The summed E-state index contributed by atoms with van der Waals surface area (Å²) in [6, 6.07) is 0. The van der Waals surface area contributed by atoms with Gasteiger partial charge in [0.2, 0.25) is 0 Å². The predicted octanol–water partition coefficient (Wildman–Crippen LogP) is 2.54. The number of ether oxygens (including phenoxy) is 1. The summed E-state index contributed by atoms with van der Waals surface area (Å²) in [5.74, 6) is 6.79. The van der Waals surface area contributed by atoms with Crippen LogP contribution in [0.2, 0.25) is 0 Å². The van der Waals surface area contributed by atoms with Crippen molar-refractivity contribution in [2.24, 2.45) is 11.8 Å². The average Bonchev–Trinajstić information content (AvgIpc) is 3.27. The van der Waals surface area contributed by atoms with Gasteiger partial charge in [0.25, 0.3) is 0 Å². The van der Waals surface area contributed by atoms with Crippen LogP contribution in [0.5, 0.6) is 0 Å². The van der Waals surface area contributed by atoms with Crippen molar-refractivity contribution in [2.45, 2.75) is 38.2 Å². The van der Waals surface area contributed by atoms with Gasteiger partial charge in [-0.1, -0.05) is 17.9 Å². The molecule has 2 saturated carbocycles. The van der Waals surface area contributed by atoms with E-state index >= 15 is 0 Å². The summed E-state index contributed by atoms with van der Waals surface area (Å²) in [4.78, 5) is 11.0. The Hall–Kier alpha value is -1.53. The van der Waals surface area contributed by atoms with E-state index in [0.29, 0.717) is 23.8 Å². The monoisotopic (exact) mass is 258 g/mol. The number of hydrogen-bond donors (Lipinski definition) is 1. The van der Waals surface area contributed by atoms with Crippen molar-refractivity contribution in [1.82, 2.24) is 0 Å². The molecule has 1 unspecified atom stereocenters. The van der Waals surface area contributed by atoms with Crippen LogP contribution in [-0.4, -0.2) is 23.8 Å². The molecule has 0 aromatic carbocycles. The zero-order valence-corrected chi connectivity index (χ0v) is 10.9. The van der Waals surface area contributed by atoms with E-state index in [2.05, 4.69) is 11.8 Å². The minimum Gasteiger partial charge on any atom is -0.478 e. The lowest BCUT2D eigenvalue weighted by molar-refractivity contribution is -0.133. The number of allylic oxidation sites excluding steroid dienone is 2. The van der Waals surface area contributed by atoms with Gasteiger partial charge in [-0.15, -0.1) is 0 Å². The first-order valence-electron chi connectivity index (χ1n) is 6.99. The number of carboxylic acids is 1. The average molecular weight is 258 g/mol. The van der Waals surface area contributed by atoms with Crippen LogP contribution < -0.4 is 0 Å². The van der Waals surface area contributed by atoms with Crippen molar-refractivity contribution in [2.75, 3.05) is 6.61 Å². The molecule has 3 nitrogen and oxygen atoms in total. The molecule has 3 aliphatic carbocycles. The second-order valence-electron chi connectivity index (χ2n) is 5.63. The normalized spacial score (nSPS) is 26.0. The number of rotatable bonds is 4. The fraction of sp³-hybridized carbons (Fsp3) is 0.562. The molecule has 0 radical (unpaired) electrons. The van der Waals surface area contributed by atoms with Crippen molar-refractivity contribution in [1.29, 1.82) is 0 Å². The second kappa shape index (κ2) is 5.22. The zero-order chi connectivity index (χ0) is 13.2. The maximum Gasteiger partial charge on any atom is 0.331 e. The summed E-state index contributed by atoms with van der Waals surface area (Å²) < 4.78 is 5.88. The molecule has 0 amide bonds. The van der Waals surface area contributed by atoms with Crippen LogP contribution in [0.4, 0.5) is 0 Å². The van der Waals surface area contributed by atoms with Gasteiger partial charge in [0.1, 0.15) is 0 Å². The molecular weight excluding hydrogens is 240 g/mol. The van der Waals surface area contributed by atoms with Gasteiger partial charge in [0.05, 0.1) is 12.7 Å². The van der Waals surface area contributed by atoms with Gasteiger partial charge in [0.15, 0.2) is 0 Å². The van der Waals surface area contributed by atoms with Gasteiger partial charge in [-0.05, 0) is 37.7 Å². The Kier molecular flexibility index (Phi) is 3.44. The Morgan fingerprint density at radius 3 is 2.74 bits per heavy atom. The van der Waals surface area contributed by atoms with E-state index in [1.807, 2.05) is 6.08 Å². The van der Waals surface area contributed by atoms with E-state index in [0.717, 1.165) is 12.2 Å². The third kappa shape index (κ3) is 3.48. The van der Waals surface area contributed by atoms with Crippen LogP contribution in [0.3, 0.4) is 0 Å². The molecule has 0 aliphatic heterocycles. The number of carboxylic acid groups (broad SMARTS) is 1. The van der Waals surface area contributed by atoms with Crippen molar-refractivity contribution in [3.05, 3.63) is 23.3 Å². The summed E-state index contributed by atoms with van der Waals surface area (Å²) in [7, 11) is 0. The highest BCUT2D eigenvalue weighted by molar-refractivity contribution is 5.87. The fourth-order valence-electron chi connectivity index (χ4n) is 2.05. The molecule has 2 fully saturated rings. The van der Waals surface area contributed by atoms with Crippen LogP contribution in [-0.2, 0) is 9.53 Å². The predicted molar refractivity (Wildman–Crippen MR) is 71.4 cm³/mol. The third-order valence-corrected chi connectivity index (χ3v) is 3.72. The van der Waals surface area contributed by atoms with Crippen LogP contribution >= 0.6 is 0 Å². The van der Waals surface area contributed by atoms with Crippen LogP contribution in [0.1, 0.15) is 32.1 Å². The smallest absolute Gasteiger partial charge is 0.331 e. The molecule has 100 valence electrons. The first kappa shape index (κ1) is 12.5. The van der Waals surface area contributed by atoms with Crippen molar-refractivity contribution >= 4 is 5.97 Å². The molecule has 3 aliphatic rings. The van der Waals surface area contributed by atoms with Gasteiger partial charge in [-0.3, -0.25) is 0 Å². The van der Waals surface area contributed by atoms with Gasteiger partial charge in [-0.2, -0.15) is 0 Å². The molecule has 0 bridgehead atoms. The Labute approximate surface area is 113 Å². The molecule has 0 heterocycles. The highest BCUT2D eigenvalue weighted by atomic mass is 16.5.